The van der Waals surface area contributed by atoms with Crippen LogP contribution in [0.25, 0.3) is 0 Å². The SMILES string of the molecule is C[C@H]1CCC[C@H](NC(=O)c2cccc([N+](=O)[O-])c2)C1. The molecule has 2 rings (SSSR count). The Morgan fingerprint density at radius 2 is 2.21 bits per heavy atom. The third kappa shape index (κ3) is 3.53. The molecule has 1 aliphatic rings. The minimum atomic E-state index is -0.487. The quantitative estimate of drug-likeness (QED) is 0.672. The zero-order chi connectivity index (χ0) is 13.8. The zero-order valence-electron chi connectivity index (χ0n) is 11.0. The maximum Gasteiger partial charge on any atom is 0.270 e. The lowest BCUT2D eigenvalue weighted by Gasteiger charge is -2.27. The molecule has 5 nitrogen and oxygen atoms in total. The van der Waals surface area contributed by atoms with E-state index in [9.17, 15) is 14.9 Å². The first-order chi connectivity index (χ1) is 9.06. The maximum absolute atomic E-state index is 12.1. The predicted octanol–water partition coefficient (Wildman–Crippen LogP) is 2.90. The van der Waals surface area contributed by atoms with Gasteiger partial charge in [-0.2, -0.15) is 0 Å². The van der Waals surface area contributed by atoms with Gasteiger partial charge in [-0.25, -0.2) is 0 Å². The van der Waals surface area contributed by atoms with Gasteiger partial charge in [-0.3, -0.25) is 14.9 Å². The van der Waals surface area contributed by atoms with E-state index in [1.165, 1.54) is 24.6 Å². The van der Waals surface area contributed by atoms with Gasteiger partial charge in [-0.1, -0.05) is 25.8 Å². The summed E-state index contributed by atoms with van der Waals surface area (Å²) in [5.41, 5.74) is 0.303. The maximum atomic E-state index is 12.1. The minimum Gasteiger partial charge on any atom is -0.349 e. The normalized spacial score (nSPS) is 22.8. The number of nitrogens with one attached hydrogen (secondary N) is 1. The van der Waals surface area contributed by atoms with E-state index >= 15 is 0 Å². The Morgan fingerprint density at radius 3 is 2.89 bits per heavy atom. The Morgan fingerprint density at radius 1 is 1.42 bits per heavy atom. The molecule has 2 atom stereocenters. The van der Waals surface area contributed by atoms with Crippen molar-refractivity contribution in [3.8, 4) is 0 Å². The lowest BCUT2D eigenvalue weighted by Crippen LogP contribution is -2.37. The number of rotatable bonds is 3. The number of nitro benzene ring substituents is 1. The molecule has 19 heavy (non-hydrogen) atoms. The van der Waals surface area contributed by atoms with Gasteiger partial charge >= 0.3 is 0 Å². The van der Waals surface area contributed by atoms with Crippen LogP contribution in [-0.4, -0.2) is 16.9 Å². The van der Waals surface area contributed by atoms with Crippen LogP contribution in [-0.2, 0) is 0 Å². The van der Waals surface area contributed by atoms with Crippen molar-refractivity contribution in [1.29, 1.82) is 0 Å². The fraction of sp³-hybridized carbons (Fsp3) is 0.500. The van der Waals surface area contributed by atoms with Crippen LogP contribution in [0.5, 0.6) is 0 Å². The molecule has 0 spiro atoms. The molecule has 0 saturated heterocycles. The van der Waals surface area contributed by atoms with Crippen LogP contribution in [0.2, 0.25) is 0 Å². The number of amides is 1. The highest BCUT2D eigenvalue weighted by molar-refractivity contribution is 5.95. The first-order valence-corrected chi connectivity index (χ1v) is 6.61. The summed E-state index contributed by atoms with van der Waals surface area (Å²) in [6.45, 7) is 2.19. The summed E-state index contributed by atoms with van der Waals surface area (Å²) >= 11 is 0. The highest BCUT2D eigenvalue weighted by atomic mass is 16.6. The summed E-state index contributed by atoms with van der Waals surface area (Å²) in [5.74, 6) is 0.409. The van der Waals surface area contributed by atoms with E-state index in [1.807, 2.05) is 0 Å². The third-order valence-electron chi connectivity index (χ3n) is 3.59. The average Bonchev–Trinajstić information content (AvgIpc) is 2.39. The number of carbonyl (C=O) groups is 1. The summed E-state index contributed by atoms with van der Waals surface area (Å²) in [7, 11) is 0. The molecule has 0 unspecified atom stereocenters. The number of benzene rings is 1. The molecule has 1 N–H and O–H groups in total. The molecule has 0 radical (unpaired) electrons. The first kappa shape index (κ1) is 13.5. The molecule has 1 aromatic carbocycles. The second kappa shape index (κ2) is 5.82. The monoisotopic (exact) mass is 262 g/mol. The van der Waals surface area contributed by atoms with E-state index in [1.54, 1.807) is 6.07 Å². The van der Waals surface area contributed by atoms with Crippen molar-refractivity contribution in [3.05, 3.63) is 39.9 Å². The fourth-order valence-electron chi connectivity index (χ4n) is 2.59. The summed E-state index contributed by atoms with van der Waals surface area (Å²) in [4.78, 5) is 22.3. The van der Waals surface area contributed by atoms with Crippen molar-refractivity contribution in [2.24, 2.45) is 5.92 Å². The molecular weight excluding hydrogens is 244 g/mol. The van der Waals surface area contributed by atoms with Crippen LogP contribution in [0.1, 0.15) is 43.0 Å². The number of nitrogens with zero attached hydrogens (tertiary/aromatic N) is 1. The van der Waals surface area contributed by atoms with Crippen molar-refractivity contribution < 1.29 is 9.72 Å². The van der Waals surface area contributed by atoms with Gasteiger partial charge in [0.1, 0.15) is 0 Å². The molecule has 1 fully saturated rings. The van der Waals surface area contributed by atoms with Gasteiger partial charge in [0, 0.05) is 23.7 Å². The molecule has 5 heteroatoms. The smallest absolute Gasteiger partial charge is 0.270 e. The highest BCUT2D eigenvalue weighted by Gasteiger charge is 2.21. The van der Waals surface area contributed by atoms with E-state index in [0.717, 1.165) is 19.3 Å². The molecular formula is C14H18N2O3. The molecule has 0 bridgehead atoms. The van der Waals surface area contributed by atoms with E-state index in [0.29, 0.717) is 11.5 Å². The van der Waals surface area contributed by atoms with Crippen molar-refractivity contribution in [2.45, 2.75) is 38.6 Å². The van der Waals surface area contributed by atoms with Crippen molar-refractivity contribution in [3.63, 3.8) is 0 Å². The topological polar surface area (TPSA) is 72.2 Å². The van der Waals surface area contributed by atoms with Crippen molar-refractivity contribution in [2.75, 3.05) is 0 Å². The van der Waals surface area contributed by atoms with Gasteiger partial charge in [0.15, 0.2) is 0 Å². The summed E-state index contributed by atoms with van der Waals surface area (Å²) in [5, 5.41) is 13.7. The summed E-state index contributed by atoms with van der Waals surface area (Å²) in [6, 6.07) is 6.04. The largest absolute Gasteiger partial charge is 0.349 e. The van der Waals surface area contributed by atoms with Crippen molar-refractivity contribution in [1.82, 2.24) is 5.32 Å². The lowest BCUT2D eigenvalue weighted by molar-refractivity contribution is -0.384. The Balaban J connectivity index is 2.03. The Labute approximate surface area is 112 Å². The molecule has 1 amide bonds. The van der Waals surface area contributed by atoms with E-state index < -0.39 is 4.92 Å². The van der Waals surface area contributed by atoms with E-state index in [-0.39, 0.29) is 17.6 Å². The standard InChI is InChI=1S/C14H18N2O3/c1-10-4-2-6-12(8-10)15-14(17)11-5-3-7-13(9-11)16(18)19/h3,5,7,9-10,12H,2,4,6,8H2,1H3,(H,15,17)/t10-,12-/m0/s1. The second-order valence-corrected chi connectivity index (χ2v) is 5.25. The van der Waals surface area contributed by atoms with Crippen LogP contribution >= 0.6 is 0 Å². The first-order valence-electron chi connectivity index (χ1n) is 6.61. The van der Waals surface area contributed by atoms with Gasteiger partial charge in [0.25, 0.3) is 11.6 Å². The highest BCUT2D eigenvalue weighted by Crippen LogP contribution is 2.24. The molecule has 1 saturated carbocycles. The molecule has 102 valence electrons. The van der Waals surface area contributed by atoms with E-state index in [2.05, 4.69) is 12.2 Å². The molecule has 0 heterocycles. The van der Waals surface area contributed by atoms with Crippen LogP contribution in [0.4, 0.5) is 5.69 Å². The van der Waals surface area contributed by atoms with E-state index in [4.69, 9.17) is 0 Å². The number of hydrogen-bond donors (Lipinski definition) is 1. The molecule has 1 aliphatic carbocycles. The third-order valence-corrected chi connectivity index (χ3v) is 3.59. The molecule has 0 aliphatic heterocycles. The summed E-state index contributed by atoms with van der Waals surface area (Å²) in [6.07, 6.45) is 4.32. The van der Waals surface area contributed by atoms with Gasteiger partial charge in [0.05, 0.1) is 4.92 Å². The minimum absolute atomic E-state index is 0.0512. The fourth-order valence-corrected chi connectivity index (χ4v) is 2.59. The number of hydrogen-bond acceptors (Lipinski definition) is 3. The van der Waals surface area contributed by atoms with Crippen LogP contribution < -0.4 is 5.32 Å². The van der Waals surface area contributed by atoms with Gasteiger partial charge in [-0.15, -0.1) is 0 Å². The summed E-state index contributed by atoms with van der Waals surface area (Å²) < 4.78 is 0. The predicted molar refractivity (Wildman–Crippen MR) is 72.0 cm³/mol. The van der Waals surface area contributed by atoms with Crippen LogP contribution in [0.3, 0.4) is 0 Å². The Bertz CT molecular complexity index is 487. The molecule has 1 aromatic rings. The Hall–Kier alpha value is -1.91. The van der Waals surface area contributed by atoms with Gasteiger partial charge in [-0.05, 0) is 24.8 Å². The van der Waals surface area contributed by atoms with Crippen LogP contribution in [0, 0.1) is 16.0 Å². The second-order valence-electron chi connectivity index (χ2n) is 5.25. The number of non-ortho nitro benzene ring substituents is 1. The van der Waals surface area contributed by atoms with Crippen LogP contribution in [0.15, 0.2) is 24.3 Å². The zero-order valence-corrected chi connectivity index (χ0v) is 11.0. The number of nitro groups is 1. The van der Waals surface area contributed by atoms with Gasteiger partial charge < -0.3 is 5.32 Å². The lowest BCUT2D eigenvalue weighted by atomic mass is 9.87. The Kier molecular flexibility index (Phi) is 4.14. The number of carbonyl (C=O) groups excluding carboxylic acids is 1. The van der Waals surface area contributed by atoms with Crippen molar-refractivity contribution >= 4 is 11.6 Å². The molecule has 0 aromatic heterocycles. The average molecular weight is 262 g/mol. The van der Waals surface area contributed by atoms with Gasteiger partial charge in [0.2, 0.25) is 0 Å².